The van der Waals surface area contributed by atoms with E-state index in [2.05, 4.69) is 18.7 Å². The maximum absolute atomic E-state index is 3.14. The van der Waals surface area contributed by atoms with Crippen molar-refractivity contribution in [2.75, 3.05) is 0 Å². The molecule has 0 heteroatoms. The first kappa shape index (κ1) is 13.1. The minimum atomic E-state index is 1.20. The van der Waals surface area contributed by atoms with Crippen molar-refractivity contribution in [3.05, 3.63) is 17.4 Å². The van der Waals surface area contributed by atoms with E-state index in [1.54, 1.807) is 0 Å². The van der Waals surface area contributed by atoms with Crippen molar-refractivity contribution in [3.63, 3.8) is 0 Å². The van der Waals surface area contributed by atoms with Gasteiger partial charge in [-0.2, -0.15) is 0 Å². The summed E-state index contributed by atoms with van der Waals surface area (Å²) in [6.45, 7) is 10.2. The van der Waals surface area contributed by atoms with Crippen LogP contribution in [-0.2, 0) is 0 Å². The van der Waals surface area contributed by atoms with E-state index in [0.29, 0.717) is 0 Å². The van der Waals surface area contributed by atoms with Crippen LogP contribution in [0.25, 0.3) is 0 Å². The topological polar surface area (TPSA) is 0 Å². The molecule has 0 fully saturated rings. The molecule has 0 unspecified atom stereocenters. The Morgan fingerprint density at radius 3 is 1.82 bits per heavy atom. The number of allylic oxidation sites excluding steroid dienone is 1. The zero-order chi connectivity index (χ0) is 9.11. The summed E-state index contributed by atoms with van der Waals surface area (Å²) in [5.74, 6) is 0. The van der Waals surface area contributed by atoms with Crippen molar-refractivity contribution >= 4 is 0 Å². The van der Waals surface area contributed by atoms with Crippen molar-refractivity contribution in [3.8, 4) is 0 Å². The maximum Gasteiger partial charge on any atom is 0.00135 e. The number of rotatable bonds is 2. The largest absolute Gasteiger partial charge is 0.125 e. The third kappa shape index (κ3) is 7.42. The Hall–Kier alpha value is -0.480. The van der Waals surface area contributed by atoms with E-state index in [1.165, 1.54) is 24.8 Å². The lowest BCUT2D eigenvalue weighted by atomic mass is 10.0. The normalized spacial score (nSPS) is 11.2. The van der Waals surface area contributed by atoms with Crippen LogP contribution in [0.3, 0.4) is 0 Å². The average Bonchev–Trinajstić information content (AvgIpc) is 2.05. The van der Waals surface area contributed by atoms with E-state index in [4.69, 9.17) is 0 Å². The maximum atomic E-state index is 3.14. The van der Waals surface area contributed by atoms with Crippen molar-refractivity contribution < 1.29 is 0 Å². The molecule has 0 N–H and O–H groups in total. The molecule has 0 spiro atoms. The standard InChI is InChI=1S/C7H10.2C2H6/c1-2-4-7-5-3-6-7;2*1-2/h3H,2,4-5H2,1H3;2*1-2H3. The van der Waals surface area contributed by atoms with Crippen molar-refractivity contribution in [1.29, 1.82) is 0 Å². The summed E-state index contributed by atoms with van der Waals surface area (Å²) in [5, 5.41) is 0. The Kier molecular flexibility index (Phi) is 14.6. The SMILES string of the molecule is CC.CC.CCCC1=C=CC1. The molecule has 0 radical (unpaired) electrons. The second kappa shape index (κ2) is 12.2. The summed E-state index contributed by atoms with van der Waals surface area (Å²) in [6.07, 6.45) is 5.82. The lowest BCUT2D eigenvalue weighted by Gasteiger charge is -2.02. The monoisotopic (exact) mass is 154 g/mol. The summed E-state index contributed by atoms with van der Waals surface area (Å²) in [4.78, 5) is 0. The Morgan fingerprint density at radius 2 is 1.73 bits per heavy atom. The summed E-state index contributed by atoms with van der Waals surface area (Å²) >= 11 is 0. The van der Waals surface area contributed by atoms with Crippen LogP contribution in [0.15, 0.2) is 17.4 Å². The third-order valence-corrected chi connectivity index (χ3v) is 1.21. The van der Waals surface area contributed by atoms with Crippen LogP contribution < -0.4 is 0 Å². The Balaban J connectivity index is 0. The quantitative estimate of drug-likeness (QED) is 0.519. The van der Waals surface area contributed by atoms with Crippen LogP contribution in [0.4, 0.5) is 0 Å². The molecule has 0 atom stereocenters. The fraction of sp³-hybridized carbons (Fsp3) is 0.727. The van der Waals surface area contributed by atoms with Gasteiger partial charge in [-0.15, -0.1) is 5.73 Å². The second-order valence-electron chi connectivity index (χ2n) is 1.91. The first-order valence-corrected chi connectivity index (χ1v) is 4.86. The molecule has 0 aromatic heterocycles. The van der Waals surface area contributed by atoms with Gasteiger partial charge in [-0.1, -0.05) is 41.0 Å². The van der Waals surface area contributed by atoms with E-state index in [9.17, 15) is 0 Å². The van der Waals surface area contributed by atoms with Gasteiger partial charge in [0.05, 0.1) is 0 Å². The summed E-state index contributed by atoms with van der Waals surface area (Å²) < 4.78 is 0. The van der Waals surface area contributed by atoms with Gasteiger partial charge in [0.2, 0.25) is 0 Å². The summed E-state index contributed by atoms with van der Waals surface area (Å²) in [7, 11) is 0. The van der Waals surface area contributed by atoms with E-state index in [1.807, 2.05) is 27.7 Å². The second-order valence-corrected chi connectivity index (χ2v) is 1.91. The van der Waals surface area contributed by atoms with Crippen LogP contribution in [-0.4, -0.2) is 0 Å². The highest BCUT2D eigenvalue weighted by atomic mass is 14.0. The zero-order valence-corrected chi connectivity index (χ0v) is 8.70. The lowest BCUT2D eigenvalue weighted by molar-refractivity contribution is 0.866. The first-order chi connectivity index (χ1) is 5.43. The van der Waals surface area contributed by atoms with Crippen molar-refractivity contribution in [2.24, 2.45) is 0 Å². The van der Waals surface area contributed by atoms with Gasteiger partial charge in [-0.25, -0.2) is 0 Å². The van der Waals surface area contributed by atoms with Crippen LogP contribution in [0.1, 0.15) is 53.9 Å². The van der Waals surface area contributed by atoms with Gasteiger partial charge < -0.3 is 0 Å². The molecule has 0 amide bonds. The summed E-state index contributed by atoms with van der Waals surface area (Å²) in [5.41, 5.74) is 4.64. The zero-order valence-electron chi connectivity index (χ0n) is 8.70. The van der Waals surface area contributed by atoms with Crippen LogP contribution in [0, 0.1) is 0 Å². The molecule has 0 aromatic carbocycles. The van der Waals surface area contributed by atoms with Crippen LogP contribution >= 0.6 is 0 Å². The molecule has 0 saturated heterocycles. The smallest absolute Gasteiger partial charge is 0.00135 e. The fourth-order valence-corrected chi connectivity index (χ4v) is 0.722. The molecule has 11 heavy (non-hydrogen) atoms. The van der Waals surface area contributed by atoms with Gasteiger partial charge in [0.25, 0.3) is 0 Å². The van der Waals surface area contributed by atoms with Crippen molar-refractivity contribution in [1.82, 2.24) is 0 Å². The number of hydrogen-bond acceptors (Lipinski definition) is 0. The third-order valence-electron chi connectivity index (χ3n) is 1.21. The van der Waals surface area contributed by atoms with Gasteiger partial charge in [0, 0.05) is 6.42 Å². The van der Waals surface area contributed by atoms with Gasteiger partial charge in [0.15, 0.2) is 0 Å². The minimum Gasteiger partial charge on any atom is -0.125 e. The Bertz CT molecular complexity index is 114. The van der Waals surface area contributed by atoms with Gasteiger partial charge in [0.1, 0.15) is 0 Å². The van der Waals surface area contributed by atoms with E-state index >= 15 is 0 Å². The minimum absolute atomic E-state index is 1.20. The molecule has 0 saturated carbocycles. The molecule has 66 valence electrons. The predicted octanol–water partition coefficient (Wildman–Crippen LogP) is 4.32. The van der Waals surface area contributed by atoms with E-state index in [0.717, 1.165) is 0 Å². The molecular weight excluding hydrogens is 132 g/mol. The van der Waals surface area contributed by atoms with Gasteiger partial charge in [-0.05, 0) is 18.1 Å². The van der Waals surface area contributed by atoms with E-state index < -0.39 is 0 Å². The van der Waals surface area contributed by atoms with E-state index in [-0.39, 0.29) is 0 Å². The van der Waals surface area contributed by atoms with Gasteiger partial charge >= 0.3 is 0 Å². The molecule has 0 heterocycles. The van der Waals surface area contributed by atoms with Crippen LogP contribution in [0.5, 0.6) is 0 Å². The highest BCUT2D eigenvalue weighted by Crippen LogP contribution is 2.14. The van der Waals surface area contributed by atoms with Gasteiger partial charge in [-0.3, -0.25) is 0 Å². The molecule has 0 nitrogen and oxygen atoms in total. The fourth-order valence-electron chi connectivity index (χ4n) is 0.722. The molecule has 0 aliphatic heterocycles. The Morgan fingerprint density at radius 1 is 1.27 bits per heavy atom. The van der Waals surface area contributed by atoms with Crippen molar-refractivity contribution in [2.45, 2.75) is 53.9 Å². The Labute approximate surface area is 72.0 Å². The predicted molar refractivity (Wildman–Crippen MR) is 53.8 cm³/mol. The molecule has 0 bridgehead atoms. The highest BCUT2D eigenvalue weighted by Gasteiger charge is 1.95. The molecular formula is C11H22. The molecule has 1 rings (SSSR count). The summed E-state index contributed by atoms with van der Waals surface area (Å²) in [6, 6.07) is 0. The first-order valence-electron chi connectivity index (χ1n) is 4.86. The molecule has 1 aliphatic carbocycles. The number of hydrogen-bond donors (Lipinski definition) is 0. The lowest BCUT2D eigenvalue weighted by Crippen LogP contribution is -1.83. The highest BCUT2D eigenvalue weighted by molar-refractivity contribution is 5.15. The van der Waals surface area contributed by atoms with Crippen LogP contribution in [0.2, 0.25) is 0 Å². The average molecular weight is 154 g/mol. The molecule has 0 aromatic rings. The molecule has 1 aliphatic rings.